The largest absolute Gasteiger partial charge is 0.457 e. The third kappa shape index (κ3) is 12.1. The van der Waals surface area contributed by atoms with Crippen LogP contribution in [0.15, 0.2) is 154 Å². The first-order chi connectivity index (χ1) is 41.1. The van der Waals surface area contributed by atoms with E-state index in [2.05, 4.69) is 68.3 Å². The number of rotatable bonds is 14. The van der Waals surface area contributed by atoms with E-state index in [4.69, 9.17) is 24.2 Å². The number of hydrogen-bond donors (Lipinski definition) is 2. The molecule has 8 aromatic heterocycles. The molecule has 422 valence electrons. The predicted octanol–water partition coefficient (Wildman–Crippen LogP) is 9.27. The Bertz CT molecular complexity index is 4230. The molecule has 2 amide bonds. The second-order valence-corrected chi connectivity index (χ2v) is 20.0. The van der Waals surface area contributed by atoms with E-state index >= 15 is 4.39 Å². The third-order valence-electron chi connectivity index (χ3n) is 14.6. The first-order valence-corrected chi connectivity index (χ1v) is 27.3. The van der Waals surface area contributed by atoms with Crippen LogP contribution in [0.5, 0.6) is 23.0 Å². The van der Waals surface area contributed by atoms with Crippen LogP contribution in [0.1, 0.15) is 35.4 Å². The maximum absolute atomic E-state index is 15.5. The number of nitrogens with zero attached hydrogens (tertiary/aromatic N) is 15. The lowest BCUT2D eigenvalue weighted by Crippen LogP contribution is -2.36. The second kappa shape index (κ2) is 24.4. The van der Waals surface area contributed by atoms with Gasteiger partial charge in [0, 0.05) is 87.7 Å². The number of aryl methyl sites for hydroxylation is 1. The van der Waals surface area contributed by atoms with Crippen LogP contribution in [0.3, 0.4) is 0 Å². The molecule has 0 unspecified atom stereocenters. The summed E-state index contributed by atoms with van der Waals surface area (Å²) >= 11 is 0. The van der Waals surface area contributed by atoms with Gasteiger partial charge >= 0.3 is 0 Å². The lowest BCUT2D eigenvalue weighted by atomic mass is 10.0. The molecule has 0 radical (unpaired) electrons. The zero-order valence-corrected chi connectivity index (χ0v) is 46.0. The van der Waals surface area contributed by atoms with Crippen molar-refractivity contribution in [1.82, 2.24) is 73.8 Å². The molecule has 0 spiro atoms. The summed E-state index contributed by atoms with van der Waals surface area (Å²) in [5.41, 5.74) is 10.0. The van der Waals surface area contributed by atoms with Gasteiger partial charge in [-0.1, -0.05) is 24.8 Å². The van der Waals surface area contributed by atoms with Crippen molar-refractivity contribution in [3.8, 4) is 23.0 Å². The van der Waals surface area contributed by atoms with Crippen molar-refractivity contribution in [2.24, 2.45) is 0 Å². The fraction of sp³-hybridized carbons (Fsp3) is 0.213. The van der Waals surface area contributed by atoms with E-state index in [1.165, 1.54) is 31.4 Å². The summed E-state index contributed by atoms with van der Waals surface area (Å²) in [5.74, 6) is 2.78. The number of anilines is 4. The van der Waals surface area contributed by atoms with Gasteiger partial charge in [0.15, 0.2) is 28.7 Å². The van der Waals surface area contributed by atoms with Crippen molar-refractivity contribution >= 4 is 79.3 Å². The number of amides is 2. The molecule has 2 aromatic carbocycles. The first kappa shape index (κ1) is 54.2. The van der Waals surface area contributed by atoms with E-state index in [9.17, 15) is 9.59 Å². The number of pyridine rings is 4. The van der Waals surface area contributed by atoms with E-state index in [-0.39, 0.29) is 17.5 Å². The molecular weight excluding hydrogens is 1070 g/mol. The molecule has 0 bridgehead atoms. The van der Waals surface area contributed by atoms with Crippen LogP contribution in [-0.4, -0.2) is 145 Å². The Hall–Kier alpha value is -10.4. The average Bonchev–Trinajstić information content (AvgIpc) is 4.14. The quantitative estimate of drug-likeness (QED) is 0.0965. The van der Waals surface area contributed by atoms with E-state index in [1.807, 2.05) is 84.8 Å². The Morgan fingerprint density at radius 3 is 1.82 bits per heavy atom. The lowest BCUT2D eigenvalue weighted by molar-refractivity contribution is -0.126. The SMILES string of the molecule is C=CC(=O)N1CC=C(c2ccc3ncnc(Nc4ccc(Oc5ccn6ncnc6c5)c(C)c4F)c3n2)CC1.Cc1cc(Nc2ncnc3ccc(C4=CCN(C(=O)/C=C/CN5CCOCC5)CC4)nc23)ccc1Oc1ccn2ncnc2c1. The van der Waals surface area contributed by atoms with Gasteiger partial charge in [-0.2, -0.15) is 10.2 Å². The molecule has 0 saturated carbocycles. The van der Waals surface area contributed by atoms with Crippen molar-refractivity contribution in [3.05, 3.63) is 182 Å². The molecule has 0 aliphatic carbocycles. The van der Waals surface area contributed by atoms with Crippen LogP contribution in [-0.2, 0) is 14.3 Å². The van der Waals surface area contributed by atoms with Crippen molar-refractivity contribution in [2.75, 3.05) is 69.7 Å². The molecule has 1 saturated heterocycles. The van der Waals surface area contributed by atoms with E-state index < -0.39 is 5.82 Å². The summed E-state index contributed by atoms with van der Waals surface area (Å²) in [6.45, 7) is 13.5. The minimum absolute atomic E-state index is 0.0352. The van der Waals surface area contributed by atoms with E-state index in [0.717, 1.165) is 84.3 Å². The molecule has 22 nitrogen and oxygen atoms in total. The number of carbonyl (C=O) groups excluding carboxylic acids is 2. The molecule has 10 aromatic rings. The number of hydrogen-bond acceptors (Lipinski definition) is 18. The highest BCUT2D eigenvalue weighted by Gasteiger charge is 2.21. The average molecular weight is 1130 g/mol. The molecule has 11 heterocycles. The number of benzene rings is 2. The summed E-state index contributed by atoms with van der Waals surface area (Å²) in [6.07, 6.45) is 19.9. The van der Waals surface area contributed by atoms with Gasteiger partial charge in [-0.15, -0.1) is 0 Å². The molecule has 13 rings (SSSR count). The smallest absolute Gasteiger partial charge is 0.246 e. The van der Waals surface area contributed by atoms with Crippen molar-refractivity contribution in [1.29, 1.82) is 0 Å². The monoisotopic (exact) mass is 1130 g/mol. The van der Waals surface area contributed by atoms with Crippen LogP contribution >= 0.6 is 0 Å². The topological polar surface area (TPSA) is 233 Å². The first-order valence-electron chi connectivity index (χ1n) is 27.3. The summed E-state index contributed by atoms with van der Waals surface area (Å²) < 4.78 is 36.2. The van der Waals surface area contributed by atoms with Crippen molar-refractivity contribution in [3.63, 3.8) is 0 Å². The Morgan fingerprint density at radius 1 is 0.655 bits per heavy atom. The summed E-state index contributed by atoms with van der Waals surface area (Å²) in [7, 11) is 0. The zero-order chi connectivity index (χ0) is 57.5. The van der Waals surface area contributed by atoms with E-state index in [1.54, 1.807) is 57.4 Å². The van der Waals surface area contributed by atoms with Gasteiger partial charge < -0.3 is 34.6 Å². The second-order valence-electron chi connectivity index (χ2n) is 20.0. The molecule has 23 heteroatoms. The number of fused-ring (bicyclic) bond motifs is 4. The number of halogens is 1. The predicted molar refractivity (Wildman–Crippen MR) is 315 cm³/mol. The summed E-state index contributed by atoms with van der Waals surface area (Å²) in [4.78, 5) is 66.2. The van der Waals surface area contributed by atoms with Gasteiger partial charge in [0.1, 0.15) is 59.3 Å². The van der Waals surface area contributed by atoms with Crippen molar-refractivity contribution in [2.45, 2.75) is 26.7 Å². The number of ether oxygens (including phenoxy) is 3. The third-order valence-corrected chi connectivity index (χ3v) is 14.6. The van der Waals surface area contributed by atoms with Crippen LogP contribution in [0.4, 0.5) is 27.4 Å². The lowest BCUT2D eigenvalue weighted by Gasteiger charge is -2.26. The maximum Gasteiger partial charge on any atom is 0.246 e. The summed E-state index contributed by atoms with van der Waals surface area (Å²) in [5, 5.41) is 14.7. The Morgan fingerprint density at radius 2 is 1.24 bits per heavy atom. The number of aromatic nitrogens is 12. The number of morpholine rings is 1. The molecule has 1 fully saturated rings. The van der Waals surface area contributed by atoms with Gasteiger partial charge in [-0.05, 0) is 116 Å². The standard InChI is InChI=1S/C33H33N9O3.C28H23FN8O2/c1-23-19-25(4-7-29(23)45-26-10-14-42-30(20-26)35-22-37-42)38-33-32-28(34-21-36-33)6-5-27(39-32)24-8-12-41(13-9-24)31(43)3-2-11-40-15-17-44-18-16-40;1-3-25(38)36-11-8-18(9-12-36)20-4-5-22-27(34-20)28(32-15-30-22)35-21-6-7-23(17(2)26(21)29)39-19-10-13-37-24(14-19)31-16-33-37/h2-8,10,14,19-22H,9,11-13,15-18H2,1H3,(H,34,36,38);3-8,10,13-16H,1,9,11-12H2,2H3,(H,30,32,35)/b3-2+;. The van der Waals surface area contributed by atoms with Gasteiger partial charge in [-0.25, -0.2) is 53.3 Å². The zero-order valence-electron chi connectivity index (χ0n) is 46.0. The highest BCUT2D eigenvalue weighted by atomic mass is 19.1. The minimum atomic E-state index is -0.471. The van der Waals surface area contributed by atoms with Crippen LogP contribution in [0.2, 0.25) is 0 Å². The molecular formula is C61H56FN17O5. The minimum Gasteiger partial charge on any atom is -0.457 e. The van der Waals surface area contributed by atoms with Crippen molar-refractivity contribution < 1.29 is 28.2 Å². The highest BCUT2D eigenvalue weighted by Crippen LogP contribution is 2.35. The van der Waals surface area contributed by atoms with Gasteiger partial charge in [0.25, 0.3) is 0 Å². The Labute approximate surface area is 480 Å². The Balaban J connectivity index is 0.000000167. The molecule has 3 aliphatic rings. The van der Waals surface area contributed by atoms with Gasteiger partial charge in [0.2, 0.25) is 11.8 Å². The van der Waals surface area contributed by atoms with Gasteiger partial charge in [0.05, 0.1) is 41.3 Å². The van der Waals surface area contributed by atoms with Crippen LogP contribution in [0, 0.1) is 19.7 Å². The van der Waals surface area contributed by atoms with Crippen LogP contribution in [0.25, 0.3) is 44.5 Å². The molecule has 0 atom stereocenters. The highest BCUT2D eigenvalue weighted by molar-refractivity contribution is 5.91. The normalized spacial score (nSPS) is 14.8. The fourth-order valence-electron chi connectivity index (χ4n) is 9.90. The molecule has 3 aliphatic heterocycles. The van der Waals surface area contributed by atoms with E-state index in [0.29, 0.717) is 94.9 Å². The van der Waals surface area contributed by atoms with Gasteiger partial charge in [-0.3, -0.25) is 14.5 Å². The molecule has 84 heavy (non-hydrogen) atoms. The number of nitrogens with one attached hydrogen (secondary N) is 2. The summed E-state index contributed by atoms with van der Waals surface area (Å²) in [6, 6.07) is 24.0. The number of carbonyl (C=O) groups is 2. The molecule has 2 N–H and O–H groups in total. The Kier molecular flexibility index (Phi) is 15.7. The van der Waals surface area contributed by atoms with Crippen LogP contribution < -0.4 is 20.1 Å². The fourth-order valence-corrected chi connectivity index (χ4v) is 9.90. The maximum atomic E-state index is 15.5.